The predicted octanol–water partition coefficient (Wildman–Crippen LogP) is 4.31. The van der Waals surface area contributed by atoms with Gasteiger partial charge in [0.05, 0.1) is 18.3 Å². The second-order valence-electron chi connectivity index (χ2n) is 7.77. The summed E-state index contributed by atoms with van der Waals surface area (Å²) < 4.78 is 5.81. The van der Waals surface area contributed by atoms with E-state index in [1.165, 1.54) is 5.56 Å². The molecule has 1 amide bonds. The van der Waals surface area contributed by atoms with Crippen molar-refractivity contribution in [2.24, 2.45) is 0 Å². The highest BCUT2D eigenvalue weighted by Crippen LogP contribution is 2.27. The van der Waals surface area contributed by atoms with E-state index < -0.39 is 0 Å². The van der Waals surface area contributed by atoms with Crippen LogP contribution in [0.3, 0.4) is 0 Å². The van der Waals surface area contributed by atoms with E-state index in [1.54, 1.807) is 6.20 Å². The van der Waals surface area contributed by atoms with Crippen molar-refractivity contribution in [2.45, 2.75) is 46.3 Å². The summed E-state index contributed by atoms with van der Waals surface area (Å²) in [5.41, 5.74) is 5.96. The molecule has 5 heteroatoms. The normalized spacial score (nSPS) is 16.6. The molecule has 0 saturated carbocycles. The van der Waals surface area contributed by atoms with E-state index >= 15 is 0 Å². The number of fused-ring (bicyclic) bond motifs is 1. The molecule has 0 radical (unpaired) electrons. The van der Waals surface area contributed by atoms with Gasteiger partial charge < -0.3 is 14.6 Å². The van der Waals surface area contributed by atoms with Crippen molar-refractivity contribution in [3.63, 3.8) is 0 Å². The third kappa shape index (κ3) is 3.67. The maximum atomic E-state index is 13.5. The summed E-state index contributed by atoms with van der Waals surface area (Å²) >= 11 is 0. The topological polar surface area (TPSA) is 58.2 Å². The summed E-state index contributed by atoms with van der Waals surface area (Å²) in [4.78, 5) is 23.2. The van der Waals surface area contributed by atoms with Crippen molar-refractivity contribution in [3.05, 3.63) is 64.6 Å². The zero-order valence-corrected chi connectivity index (χ0v) is 16.8. The number of nitrogens with zero attached hydrogens (tertiary/aromatic N) is 2. The van der Waals surface area contributed by atoms with Gasteiger partial charge in [0.25, 0.3) is 5.91 Å². The van der Waals surface area contributed by atoms with E-state index in [0.29, 0.717) is 18.8 Å². The van der Waals surface area contributed by atoms with Gasteiger partial charge in [0, 0.05) is 30.3 Å². The van der Waals surface area contributed by atoms with E-state index in [0.717, 1.165) is 47.2 Å². The number of carbonyl (C=O) groups is 1. The number of hydrogen-bond donors (Lipinski definition) is 1. The first-order chi connectivity index (χ1) is 13.5. The molecule has 0 bridgehead atoms. The van der Waals surface area contributed by atoms with Crippen LogP contribution in [0.2, 0.25) is 0 Å². The Morgan fingerprint density at radius 1 is 1.29 bits per heavy atom. The average Bonchev–Trinajstić information content (AvgIpc) is 3.30. The molecule has 3 aromatic rings. The lowest BCUT2D eigenvalue weighted by molar-refractivity contribution is 0.0500. The number of carbonyl (C=O) groups excluding carboxylic acids is 1. The summed E-state index contributed by atoms with van der Waals surface area (Å²) in [5, 5.41) is 1.12. The summed E-state index contributed by atoms with van der Waals surface area (Å²) in [7, 11) is 0. The number of ether oxygens (including phenoxy) is 1. The van der Waals surface area contributed by atoms with Gasteiger partial charge >= 0.3 is 0 Å². The van der Waals surface area contributed by atoms with Crippen molar-refractivity contribution in [1.29, 1.82) is 0 Å². The molecule has 4 rings (SSSR count). The van der Waals surface area contributed by atoms with Gasteiger partial charge in [0.15, 0.2) is 0 Å². The first-order valence-corrected chi connectivity index (χ1v) is 9.93. The minimum Gasteiger partial charge on any atom is -0.376 e. The number of benzene rings is 1. The zero-order chi connectivity index (χ0) is 19.7. The number of amides is 1. The van der Waals surface area contributed by atoms with E-state index in [1.807, 2.05) is 30.0 Å². The molecular weight excluding hydrogens is 350 g/mol. The number of hydrogen-bond acceptors (Lipinski definition) is 3. The molecule has 5 nitrogen and oxygen atoms in total. The van der Waals surface area contributed by atoms with Gasteiger partial charge in [-0.05, 0) is 62.9 Å². The van der Waals surface area contributed by atoms with Gasteiger partial charge in [-0.25, -0.2) is 0 Å². The highest BCUT2D eigenvalue weighted by atomic mass is 16.5. The van der Waals surface area contributed by atoms with Gasteiger partial charge in [-0.15, -0.1) is 0 Å². The van der Waals surface area contributed by atoms with E-state index in [-0.39, 0.29) is 12.0 Å². The second kappa shape index (κ2) is 7.76. The van der Waals surface area contributed by atoms with Crippen molar-refractivity contribution in [1.82, 2.24) is 14.9 Å². The molecule has 1 aromatic carbocycles. The van der Waals surface area contributed by atoms with E-state index in [4.69, 9.17) is 4.74 Å². The van der Waals surface area contributed by atoms with Crippen LogP contribution in [0.1, 0.15) is 45.7 Å². The fraction of sp³-hybridized carbons (Fsp3) is 0.391. The van der Waals surface area contributed by atoms with Crippen molar-refractivity contribution < 1.29 is 9.53 Å². The van der Waals surface area contributed by atoms with Crippen molar-refractivity contribution in [2.75, 3.05) is 13.2 Å². The highest BCUT2D eigenvalue weighted by molar-refractivity contribution is 6.01. The Kier molecular flexibility index (Phi) is 5.18. The van der Waals surface area contributed by atoms with E-state index in [9.17, 15) is 4.79 Å². The number of rotatable bonds is 5. The Balaban J connectivity index is 1.69. The Morgan fingerprint density at radius 2 is 2.14 bits per heavy atom. The Labute approximate surface area is 165 Å². The van der Waals surface area contributed by atoms with Crippen molar-refractivity contribution in [3.8, 4) is 0 Å². The molecule has 1 atom stereocenters. The molecule has 1 saturated heterocycles. The van der Waals surface area contributed by atoms with Gasteiger partial charge in [0.1, 0.15) is 5.69 Å². The van der Waals surface area contributed by atoms with Gasteiger partial charge in [0.2, 0.25) is 0 Å². The predicted molar refractivity (Wildman–Crippen MR) is 110 cm³/mol. The molecular formula is C23H27N3O2. The summed E-state index contributed by atoms with van der Waals surface area (Å²) in [6.45, 7) is 8.04. The average molecular weight is 377 g/mol. The zero-order valence-electron chi connectivity index (χ0n) is 16.8. The SMILES string of the molecule is Cc1cc(C)c2[nH]c(C(=O)N(Cc3ccccn3)C[C@H]3CCCO3)c(C)c2c1. The Hall–Kier alpha value is -2.66. The molecule has 1 N–H and O–H groups in total. The summed E-state index contributed by atoms with van der Waals surface area (Å²) in [5.74, 6) is 0.00639. The minimum absolute atomic E-state index is 0.00639. The lowest BCUT2D eigenvalue weighted by atomic mass is 10.1. The molecule has 28 heavy (non-hydrogen) atoms. The maximum Gasteiger partial charge on any atom is 0.271 e. The lowest BCUT2D eigenvalue weighted by Crippen LogP contribution is -2.37. The molecule has 1 aliphatic rings. The van der Waals surface area contributed by atoms with Crippen LogP contribution in [0, 0.1) is 20.8 Å². The lowest BCUT2D eigenvalue weighted by Gasteiger charge is -2.25. The second-order valence-corrected chi connectivity index (χ2v) is 7.77. The first-order valence-electron chi connectivity index (χ1n) is 9.93. The number of aromatic nitrogens is 2. The van der Waals surface area contributed by atoms with Crippen LogP contribution >= 0.6 is 0 Å². The number of pyridine rings is 1. The summed E-state index contributed by atoms with van der Waals surface area (Å²) in [6.07, 6.45) is 3.92. The standard InChI is InChI=1S/C23H27N3O2/c1-15-11-16(2)21-20(12-15)17(3)22(25-21)23(27)26(14-19-8-6-10-28-19)13-18-7-4-5-9-24-18/h4-5,7,9,11-12,19,25H,6,8,10,13-14H2,1-3H3/t19-/m1/s1. The molecule has 0 unspecified atom stereocenters. The fourth-order valence-electron chi connectivity index (χ4n) is 4.10. The molecule has 2 aromatic heterocycles. The number of aryl methyl sites for hydroxylation is 3. The monoisotopic (exact) mass is 377 g/mol. The van der Waals surface area contributed by atoms with Gasteiger partial charge in [-0.3, -0.25) is 9.78 Å². The van der Waals surface area contributed by atoms with Crippen LogP contribution in [-0.2, 0) is 11.3 Å². The quantitative estimate of drug-likeness (QED) is 0.721. The maximum absolute atomic E-state index is 13.5. The molecule has 1 aliphatic heterocycles. The number of H-pyrrole nitrogens is 1. The minimum atomic E-state index is 0.00639. The van der Waals surface area contributed by atoms with Crippen LogP contribution in [0.5, 0.6) is 0 Å². The van der Waals surface area contributed by atoms with Crippen LogP contribution in [-0.4, -0.2) is 40.0 Å². The molecule has 1 fully saturated rings. The molecule has 0 aliphatic carbocycles. The largest absolute Gasteiger partial charge is 0.376 e. The third-order valence-electron chi connectivity index (χ3n) is 5.54. The molecule has 146 valence electrons. The Morgan fingerprint density at radius 3 is 2.86 bits per heavy atom. The van der Waals surface area contributed by atoms with Crippen LogP contribution in [0.25, 0.3) is 10.9 Å². The highest BCUT2D eigenvalue weighted by Gasteiger charge is 2.26. The van der Waals surface area contributed by atoms with Crippen LogP contribution in [0.15, 0.2) is 36.5 Å². The van der Waals surface area contributed by atoms with Gasteiger partial charge in [-0.1, -0.05) is 17.7 Å². The number of nitrogens with one attached hydrogen (secondary N) is 1. The van der Waals surface area contributed by atoms with E-state index in [2.05, 4.69) is 35.9 Å². The molecule has 0 spiro atoms. The first kappa shape index (κ1) is 18.7. The van der Waals surface area contributed by atoms with Crippen LogP contribution in [0.4, 0.5) is 0 Å². The third-order valence-corrected chi connectivity index (χ3v) is 5.54. The van der Waals surface area contributed by atoms with Gasteiger partial charge in [-0.2, -0.15) is 0 Å². The Bertz CT molecular complexity index is 988. The van der Waals surface area contributed by atoms with Crippen LogP contribution < -0.4 is 0 Å². The number of aromatic amines is 1. The summed E-state index contributed by atoms with van der Waals surface area (Å²) in [6, 6.07) is 10.1. The van der Waals surface area contributed by atoms with Crippen molar-refractivity contribution >= 4 is 16.8 Å². The fourth-order valence-corrected chi connectivity index (χ4v) is 4.10. The molecule has 3 heterocycles. The smallest absolute Gasteiger partial charge is 0.271 e.